The molecule has 7 heteroatoms. The predicted molar refractivity (Wildman–Crippen MR) is 95.0 cm³/mol. The number of carbonyl (C=O) groups is 2. The van der Waals surface area contributed by atoms with Crippen molar-refractivity contribution >= 4 is 22.8 Å². The zero-order valence-corrected chi connectivity index (χ0v) is 14.2. The minimum Gasteiger partial charge on any atom is -0.437 e. The fraction of sp³-hybridized carbons (Fsp3) is 0.158. The Labute approximate surface area is 148 Å². The van der Waals surface area contributed by atoms with Crippen LogP contribution in [0, 0.1) is 0 Å². The second-order valence-corrected chi connectivity index (χ2v) is 5.52. The molecule has 1 aromatic heterocycles. The van der Waals surface area contributed by atoms with E-state index in [9.17, 15) is 14.4 Å². The number of carbonyl (C=O) groups excluding carboxylic acids is 2. The van der Waals surface area contributed by atoms with E-state index in [-0.39, 0.29) is 17.2 Å². The second kappa shape index (κ2) is 7.18. The first-order valence-electron chi connectivity index (χ1n) is 8.00. The third-order valence-electron chi connectivity index (χ3n) is 3.56. The quantitative estimate of drug-likeness (QED) is 0.572. The van der Waals surface area contributed by atoms with Crippen LogP contribution in [0.1, 0.15) is 24.2 Å². The third kappa shape index (κ3) is 3.61. The molecule has 0 aliphatic heterocycles. The van der Waals surface area contributed by atoms with E-state index in [0.717, 1.165) is 0 Å². The zero-order valence-electron chi connectivity index (χ0n) is 14.2. The number of hydrogen-bond donors (Lipinski definition) is 1. The van der Waals surface area contributed by atoms with Gasteiger partial charge in [-0.2, -0.15) is 4.98 Å². The molecule has 1 amide bonds. The number of rotatable bonds is 4. The van der Waals surface area contributed by atoms with Crippen LogP contribution in [-0.4, -0.2) is 23.4 Å². The first-order valence-corrected chi connectivity index (χ1v) is 8.00. The monoisotopic (exact) mass is 352 g/mol. The molecule has 0 atom stereocenters. The van der Waals surface area contributed by atoms with Gasteiger partial charge < -0.3 is 14.5 Å². The van der Waals surface area contributed by atoms with Gasteiger partial charge in [0.1, 0.15) is 11.3 Å². The number of benzene rings is 2. The predicted octanol–water partition coefficient (Wildman–Crippen LogP) is 2.53. The molecule has 0 saturated carbocycles. The number of hydrogen-bond acceptors (Lipinski definition) is 6. The summed E-state index contributed by atoms with van der Waals surface area (Å²) in [5.41, 5.74) is 0.657. The molecule has 0 aliphatic carbocycles. The maximum absolute atomic E-state index is 12.4. The van der Waals surface area contributed by atoms with Gasteiger partial charge in [-0.05, 0) is 43.3 Å². The first-order chi connectivity index (χ1) is 12.5. The Hall–Kier alpha value is -3.48. The molecule has 3 aromatic rings. The highest BCUT2D eigenvalue weighted by Gasteiger charge is 2.12. The topological polar surface area (TPSA) is 98.5 Å². The Morgan fingerprint density at radius 2 is 2.00 bits per heavy atom. The largest absolute Gasteiger partial charge is 0.437 e. The summed E-state index contributed by atoms with van der Waals surface area (Å²) in [5, 5.41) is 2.89. The van der Waals surface area contributed by atoms with Gasteiger partial charge >= 0.3 is 5.97 Å². The molecule has 1 heterocycles. The number of nitrogens with zero attached hydrogens (tertiary/aromatic N) is 1. The van der Waals surface area contributed by atoms with Crippen LogP contribution in [0.2, 0.25) is 0 Å². The molecule has 0 unspecified atom stereocenters. The van der Waals surface area contributed by atoms with Gasteiger partial charge in [0.15, 0.2) is 0 Å². The molecule has 0 radical (unpaired) electrons. The van der Waals surface area contributed by atoms with Crippen LogP contribution in [0.3, 0.4) is 0 Å². The summed E-state index contributed by atoms with van der Waals surface area (Å²) in [6, 6.07) is 11.1. The smallest absolute Gasteiger partial charge is 0.308 e. The molecular weight excluding hydrogens is 336 g/mol. The highest BCUT2D eigenvalue weighted by molar-refractivity contribution is 5.97. The van der Waals surface area contributed by atoms with Gasteiger partial charge in [-0.25, -0.2) is 0 Å². The van der Waals surface area contributed by atoms with Crippen molar-refractivity contribution in [3.05, 3.63) is 58.4 Å². The van der Waals surface area contributed by atoms with E-state index in [2.05, 4.69) is 10.3 Å². The maximum atomic E-state index is 12.4. The fourth-order valence-corrected chi connectivity index (χ4v) is 2.45. The van der Waals surface area contributed by atoms with Crippen molar-refractivity contribution in [3.63, 3.8) is 0 Å². The Bertz CT molecular complexity index is 1060. The van der Waals surface area contributed by atoms with E-state index in [1.807, 2.05) is 6.92 Å². The molecule has 0 bridgehead atoms. The molecular formula is C19H16N2O5. The van der Waals surface area contributed by atoms with Gasteiger partial charge in [0.05, 0.1) is 5.39 Å². The molecule has 0 spiro atoms. The lowest BCUT2D eigenvalue weighted by molar-refractivity contribution is -0.131. The summed E-state index contributed by atoms with van der Waals surface area (Å²) in [6.07, 6.45) is 0. The molecule has 0 fully saturated rings. The summed E-state index contributed by atoms with van der Waals surface area (Å²) in [5.74, 6) is -0.298. The molecule has 0 aliphatic rings. The van der Waals surface area contributed by atoms with Gasteiger partial charge in [0.25, 0.3) is 11.5 Å². The summed E-state index contributed by atoms with van der Waals surface area (Å²) >= 11 is 0. The van der Waals surface area contributed by atoms with Crippen molar-refractivity contribution in [1.82, 2.24) is 10.3 Å². The van der Waals surface area contributed by atoms with E-state index >= 15 is 0 Å². The third-order valence-corrected chi connectivity index (χ3v) is 3.56. The number of nitrogens with one attached hydrogen (secondary N) is 1. The SMILES string of the molecule is CCNC(=O)c1ccc2oc(-c3cccc(OC(C)=O)c3)nc(=O)c2c1. The highest BCUT2D eigenvalue weighted by Crippen LogP contribution is 2.24. The van der Waals surface area contributed by atoms with Crippen molar-refractivity contribution in [2.75, 3.05) is 6.54 Å². The van der Waals surface area contributed by atoms with Crippen molar-refractivity contribution in [1.29, 1.82) is 0 Å². The fourth-order valence-electron chi connectivity index (χ4n) is 2.45. The summed E-state index contributed by atoms with van der Waals surface area (Å²) in [4.78, 5) is 39.3. The summed E-state index contributed by atoms with van der Waals surface area (Å²) < 4.78 is 10.7. The molecule has 1 N–H and O–H groups in total. The number of esters is 1. The summed E-state index contributed by atoms with van der Waals surface area (Å²) in [7, 11) is 0. The standard InChI is InChI=1S/C19H16N2O5/c1-3-20-17(23)12-7-8-16-15(10-12)18(24)21-19(26-16)13-5-4-6-14(9-13)25-11(2)22/h4-10H,3H2,1-2H3,(H,20,23). The van der Waals surface area contributed by atoms with Gasteiger partial charge in [-0.1, -0.05) is 6.07 Å². The Kier molecular flexibility index (Phi) is 4.79. The van der Waals surface area contributed by atoms with Gasteiger partial charge in [-0.15, -0.1) is 0 Å². The minimum absolute atomic E-state index is 0.0993. The first kappa shape index (κ1) is 17.3. The number of fused-ring (bicyclic) bond motifs is 1. The number of amides is 1. The summed E-state index contributed by atoms with van der Waals surface area (Å²) in [6.45, 7) is 3.60. The normalized spacial score (nSPS) is 10.5. The minimum atomic E-state index is -0.509. The van der Waals surface area contributed by atoms with Crippen molar-refractivity contribution < 1.29 is 18.7 Å². The van der Waals surface area contributed by atoms with E-state index in [4.69, 9.17) is 9.15 Å². The van der Waals surface area contributed by atoms with Crippen LogP contribution >= 0.6 is 0 Å². The van der Waals surface area contributed by atoms with Gasteiger partial charge in [0, 0.05) is 24.6 Å². The van der Waals surface area contributed by atoms with Gasteiger partial charge in [-0.3, -0.25) is 14.4 Å². The van der Waals surface area contributed by atoms with Crippen LogP contribution in [0.4, 0.5) is 0 Å². The Balaban J connectivity index is 2.04. The molecule has 0 saturated heterocycles. The van der Waals surface area contributed by atoms with Crippen LogP contribution in [0.15, 0.2) is 51.7 Å². The Morgan fingerprint density at radius 3 is 2.73 bits per heavy atom. The molecule has 26 heavy (non-hydrogen) atoms. The van der Waals surface area contributed by atoms with Crippen molar-refractivity contribution in [2.24, 2.45) is 0 Å². The second-order valence-electron chi connectivity index (χ2n) is 5.52. The molecule has 3 rings (SSSR count). The van der Waals surface area contributed by atoms with Crippen molar-refractivity contribution in [3.8, 4) is 17.2 Å². The van der Waals surface area contributed by atoms with Gasteiger partial charge in [0.2, 0.25) is 5.89 Å². The van der Waals surface area contributed by atoms with E-state index in [1.165, 1.54) is 13.0 Å². The highest BCUT2D eigenvalue weighted by atomic mass is 16.5. The van der Waals surface area contributed by atoms with Crippen LogP contribution in [0.5, 0.6) is 5.75 Å². The average Bonchev–Trinajstić information content (AvgIpc) is 2.61. The maximum Gasteiger partial charge on any atom is 0.308 e. The zero-order chi connectivity index (χ0) is 18.7. The molecule has 132 valence electrons. The van der Waals surface area contributed by atoms with Crippen molar-refractivity contribution in [2.45, 2.75) is 13.8 Å². The van der Waals surface area contributed by atoms with Crippen LogP contribution in [0.25, 0.3) is 22.4 Å². The number of aromatic nitrogens is 1. The lowest BCUT2D eigenvalue weighted by atomic mass is 10.1. The Morgan fingerprint density at radius 1 is 1.19 bits per heavy atom. The molecule has 7 nitrogen and oxygen atoms in total. The average molecular weight is 352 g/mol. The number of ether oxygens (including phenoxy) is 1. The van der Waals surface area contributed by atoms with E-state index < -0.39 is 11.5 Å². The van der Waals surface area contributed by atoms with Crippen LogP contribution < -0.4 is 15.6 Å². The van der Waals surface area contributed by atoms with E-state index in [1.54, 1.807) is 36.4 Å². The molecule has 2 aromatic carbocycles. The van der Waals surface area contributed by atoms with Crippen LogP contribution in [-0.2, 0) is 4.79 Å². The lowest BCUT2D eigenvalue weighted by Crippen LogP contribution is -2.22. The van der Waals surface area contributed by atoms with E-state index in [0.29, 0.717) is 29.0 Å². The lowest BCUT2D eigenvalue weighted by Gasteiger charge is -2.06.